The van der Waals surface area contributed by atoms with Gasteiger partial charge in [-0.05, 0) is 30.7 Å². The van der Waals surface area contributed by atoms with Gasteiger partial charge in [0.05, 0.1) is 13.2 Å². The van der Waals surface area contributed by atoms with Crippen LogP contribution < -0.4 is 10.6 Å². The van der Waals surface area contributed by atoms with Crippen LogP contribution >= 0.6 is 0 Å². The topological polar surface area (TPSA) is 33.3 Å². The molecule has 3 heteroatoms. The van der Waals surface area contributed by atoms with Gasteiger partial charge in [0.2, 0.25) is 0 Å². The molecule has 124 valence electrons. The van der Waals surface area contributed by atoms with E-state index in [4.69, 9.17) is 4.74 Å². The molecule has 2 N–H and O–H groups in total. The molecule has 0 bridgehead atoms. The van der Waals surface area contributed by atoms with Crippen LogP contribution in [0.4, 0.5) is 0 Å². The average Bonchev–Trinajstić information content (AvgIpc) is 2.47. The van der Waals surface area contributed by atoms with Gasteiger partial charge in [-0.25, -0.2) is 0 Å². The molecular formula is C19H32N2O. The fourth-order valence-corrected chi connectivity index (χ4v) is 3.18. The molecule has 1 saturated heterocycles. The van der Waals surface area contributed by atoms with Crippen molar-refractivity contribution in [1.29, 1.82) is 0 Å². The Balaban J connectivity index is 1.96. The lowest BCUT2D eigenvalue weighted by atomic mass is 9.85. The number of morpholine rings is 1. The van der Waals surface area contributed by atoms with Crippen molar-refractivity contribution < 1.29 is 4.74 Å². The summed E-state index contributed by atoms with van der Waals surface area (Å²) in [5, 5.41) is 7.39. The van der Waals surface area contributed by atoms with Crippen LogP contribution in [0.1, 0.15) is 52.1 Å². The molecule has 1 aliphatic rings. The second kappa shape index (κ2) is 8.09. The summed E-state index contributed by atoms with van der Waals surface area (Å²) < 4.78 is 5.56. The summed E-state index contributed by atoms with van der Waals surface area (Å²) in [6.07, 6.45) is 2.24. The van der Waals surface area contributed by atoms with Crippen LogP contribution in [0.2, 0.25) is 0 Å². The molecule has 0 aliphatic carbocycles. The summed E-state index contributed by atoms with van der Waals surface area (Å²) in [5.74, 6) is 0. The van der Waals surface area contributed by atoms with Crippen LogP contribution in [-0.4, -0.2) is 31.8 Å². The normalized spacial score (nSPS) is 22.3. The molecule has 1 aliphatic heterocycles. The van der Waals surface area contributed by atoms with Gasteiger partial charge < -0.3 is 15.4 Å². The van der Waals surface area contributed by atoms with Crippen molar-refractivity contribution in [3.63, 3.8) is 0 Å². The summed E-state index contributed by atoms with van der Waals surface area (Å²) in [6.45, 7) is 11.9. The highest BCUT2D eigenvalue weighted by atomic mass is 16.5. The second-order valence-corrected chi connectivity index (χ2v) is 7.76. The molecule has 0 aromatic heterocycles. The number of hydrogen-bond donors (Lipinski definition) is 2. The molecule has 1 aromatic rings. The first-order chi connectivity index (χ1) is 10.4. The minimum absolute atomic E-state index is 0.305. The lowest BCUT2D eigenvalue weighted by molar-refractivity contribution is 0.0704. The molecule has 2 rings (SSSR count). The van der Waals surface area contributed by atoms with E-state index in [1.54, 1.807) is 0 Å². The minimum atomic E-state index is 0.305. The van der Waals surface area contributed by atoms with E-state index >= 15 is 0 Å². The zero-order valence-corrected chi connectivity index (χ0v) is 14.6. The molecule has 0 amide bonds. The van der Waals surface area contributed by atoms with Crippen molar-refractivity contribution in [3.8, 4) is 0 Å². The van der Waals surface area contributed by atoms with Gasteiger partial charge in [0.25, 0.3) is 0 Å². The Labute approximate surface area is 135 Å². The molecule has 0 spiro atoms. The SMILES string of the molecule is CC(CC1COCCN1)NC(CC(C)(C)C)c1ccccc1. The van der Waals surface area contributed by atoms with Crippen LogP contribution in [-0.2, 0) is 4.74 Å². The van der Waals surface area contributed by atoms with Gasteiger partial charge in [-0.15, -0.1) is 0 Å². The zero-order chi connectivity index (χ0) is 16.0. The molecule has 3 nitrogen and oxygen atoms in total. The third-order valence-corrected chi connectivity index (χ3v) is 4.14. The lowest BCUT2D eigenvalue weighted by Gasteiger charge is -2.32. The Morgan fingerprint density at radius 3 is 2.59 bits per heavy atom. The third kappa shape index (κ3) is 6.07. The van der Waals surface area contributed by atoms with Gasteiger partial charge in [-0.2, -0.15) is 0 Å². The molecule has 1 fully saturated rings. The first-order valence-electron chi connectivity index (χ1n) is 8.56. The molecular weight excluding hydrogens is 272 g/mol. The predicted molar refractivity (Wildman–Crippen MR) is 93.1 cm³/mol. The summed E-state index contributed by atoms with van der Waals surface area (Å²) in [5.41, 5.74) is 1.69. The highest BCUT2D eigenvalue weighted by Crippen LogP contribution is 2.30. The second-order valence-electron chi connectivity index (χ2n) is 7.76. The fourth-order valence-electron chi connectivity index (χ4n) is 3.18. The standard InChI is InChI=1S/C19H32N2O/c1-15(12-17-14-22-11-10-20-17)21-18(13-19(2,3)4)16-8-6-5-7-9-16/h5-9,15,17-18,20-21H,10-14H2,1-4H3. The van der Waals surface area contributed by atoms with Crippen molar-refractivity contribution in [2.24, 2.45) is 5.41 Å². The molecule has 22 heavy (non-hydrogen) atoms. The monoisotopic (exact) mass is 304 g/mol. The van der Waals surface area contributed by atoms with Crippen LogP contribution in [0.25, 0.3) is 0 Å². The zero-order valence-electron chi connectivity index (χ0n) is 14.6. The summed E-state index contributed by atoms with van der Waals surface area (Å²) in [6, 6.07) is 12.2. The first-order valence-corrected chi connectivity index (χ1v) is 8.56. The van der Waals surface area contributed by atoms with E-state index in [1.165, 1.54) is 5.56 Å². The Morgan fingerprint density at radius 2 is 2.00 bits per heavy atom. The Bertz CT molecular complexity index is 421. The van der Waals surface area contributed by atoms with Crippen LogP contribution in [0, 0.1) is 5.41 Å². The third-order valence-electron chi connectivity index (χ3n) is 4.14. The van der Waals surface area contributed by atoms with E-state index in [2.05, 4.69) is 68.7 Å². The van der Waals surface area contributed by atoms with Crippen molar-refractivity contribution in [1.82, 2.24) is 10.6 Å². The van der Waals surface area contributed by atoms with Gasteiger partial charge in [0, 0.05) is 24.7 Å². The van der Waals surface area contributed by atoms with Gasteiger partial charge in [-0.3, -0.25) is 0 Å². The van der Waals surface area contributed by atoms with Gasteiger partial charge >= 0.3 is 0 Å². The molecule has 1 heterocycles. The molecule has 3 unspecified atom stereocenters. The lowest BCUT2D eigenvalue weighted by Crippen LogP contribution is -2.45. The Hall–Kier alpha value is -0.900. The van der Waals surface area contributed by atoms with Crippen molar-refractivity contribution in [2.75, 3.05) is 19.8 Å². The van der Waals surface area contributed by atoms with E-state index in [0.717, 1.165) is 32.6 Å². The number of ether oxygens (including phenoxy) is 1. The fraction of sp³-hybridized carbons (Fsp3) is 0.684. The maximum atomic E-state index is 5.56. The van der Waals surface area contributed by atoms with E-state index < -0.39 is 0 Å². The number of benzene rings is 1. The van der Waals surface area contributed by atoms with Crippen molar-refractivity contribution in [2.45, 2.75) is 58.7 Å². The van der Waals surface area contributed by atoms with Crippen LogP contribution in [0.5, 0.6) is 0 Å². The van der Waals surface area contributed by atoms with Crippen LogP contribution in [0.3, 0.4) is 0 Å². The van der Waals surface area contributed by atoms with Crippen molar-refractivity contribution in [3.05, 3.63) is 35.9 Å². The highest BCUT2D eigenvalue weighted by molar-refractivity contribution is 5.19. The van der Waals surface area contributed by atoms with Gasteiger partial charge in [-0.1, -0.05) is 51.1 Å². The summed E-state index contributed by atoms with van der Waals surface area (Å²) >= 11 is 0. The Kier molecular flexibility index (Phi) is 6.42. The van der Waals surface area contributed by atoms with Crippen molar-refractivity contribution >= 4 is 0 Å². The average molecular weight is 304 g/mol. The molecule has 3 atom stereocenters. The summed E-state index contributed by atoms with van der Waals surface area (Å²) in [4.78, 5) is 0. The summed E-state index contributed by atoms with van der Waals surface area (Å²) in [7, 11) is 0. The molecule has 1 aromatic carbocycles. The van der Waals surface area contributed by atoms with E-state index in [0.29, 0.717) is 23.5 Å². The Morgan fingerprint density at radius 1 is 1.27 bits per heavy atom. The largest absolute Gasteiger partial charge is 0.379 e. The number of hydrogen-bond acceptors (Lipinski definition) is 3. The molecule has 0 radical (unpaired) electrons. The van der Waals surface area contributed by atoms with Gasteiger partial charge in [0.1, 0.15) is 0 Å². The van der Waals surface area contributed by atoms with Gasteiger partial charge in [0.15, 0.2) is 0 Å². The quantitative estimate of drug-likeness (QED) is 0.843. The van der Waals surface area contributed by atoms with E-state index in [-0.39, 0.29) is 0 Å². The highest BCUT2D eigenvalue weighted by Gasteiger charge is 2.23. The molecule has 0 saturated carbocycles. The maximum Gasteiger partial charge on any atom is 0.0620 e. The maximum absolute atomic E-state index is 5.56. The van der Waals surface area contributed by atoms with E-state index in [1.807, 2.05) is 0 Å². The van der Waals surface area contributed by atoms with E-state index in [9.17, 15) is 0 Å². The minimum Gasteiger partial charge on any atom is -0.379 e. The van der Waals surface area contributed by atoms with Crippen LogP contribution in [0.15, 0.2) is 30.3 Å². The predicted octanol–water partition coefficient (Wildman–Crippen LogP) is 3.52. The first kappa shape index (κ1) is 17.5. The number of rotatable bonds is 6. The number of nitrogens with one attached hydrogen (secondary N) is 2. The smallest absolute Gasteiger partial charge is 0.0620 e.